The number of rotatable bonds is 29. The maximum atomic E-state index is 13.5. The molecule has 1 aliphatic heterocycles. The SMILES string of the molecule is Cc1c(CC(=O)N(C)C)ccc(NC(=O)c2[nH]nc3nc([C@@H]4CCCN(C(=O)/C=C/CN(C)CCOCCOCCOCCOCCNC(=O)CCCCn5nc(-c6ccc7oc(N)nc7c6)c6c(N)ncnc65)C4)nc(N)c23)c1C. The Balaban J connectivity index is 0.627. The highest BCUT2D eigenvalue weighted by Crippen LogP contribution is 2.33. The molecule has 1 fully saturated rings. The van der Waals surface area contributed by atoms with Gasteiger partial charge in [-0.15, -0.1) is 0 Å². The van der Waals surface area contributed by atoms with Crippen molar-refractivity contribution < 1.29 is 42.5 Å². The van der Waals surface area contributed by atoms with Crippen LogP contribution >= 0.6 is 0 Å². The zero-order valence-corrected chi connectivity index (χ0v) is 46.7. The quantitative estimate of drug-likeness (QED) is 0.0287. The average molecular weight is 1120 g/mol. The van der Waals surface area contributed by atoms with Crippen molar-refractivity contribution in [2.75, 3.05) is 129 Å². The Labute approximate surface area is 468 Å². The molecular weight excluding hydrogens is 1040 g/mol. The number of carbonyl (C=O) groups is 4. The number of anilines is 4. The van der Waals surface area contributed by atoms with Crippen molar-refractivity contribution in [1.82, 2.24) is 64.9 Å². The van der Waals surface area contributed by atoms with Crippen molar-refractivity contribution in [3.8, 4) is 11.3 Å². The minimum Gasteiger partial charge on any atom is -0.424 e. The maximum absolute atomic E-state index is 13.5. The summed E-state index contributed by atoms with van der Waals surface area (Å²) in [6.07, 6.45) is 8.37. The molecule has 26 heteroatoms. The number of nitrogens with one attached hydrogen (secondary N) is 3. The number of nitrogens with zero attached hydrogens (tertiary/aromatic N) is 11. The Kier molecular flexibility index (Phi) is 20.6. The fourth-order valence-electron chi connectivity index (χ4n) is 9.30. The first-order chi connectivity index (χ1) is 39.1. The lowest BCUT2D eigenvalue weighted by atomic mass is 9.97. The van der Waals surface area contributed by atoms with Crippen molar-refractivity contribution in [2.24, 2.45) is 0 Å². The van der Waals surface area contributed by atoms with Crippen LogP contribution in [0.3, 0.4) is 0 Å². The molecule has 81 heavy (non-hydrogen) atoms. The van der Waals surface area contributed by atoms with Crippen LogP contribution in [0.1, 0.15) is 71.0 Å². The van der Waals surface area contributed by atoms with Gasteiger partial charge in [0.2, 0.25) is 17.7 Å². The van der Waals surface area contributed by atoms with Crippen LogP contribution in [-0.4, -0.2) is 190 Å². The van der Waals surface area contributed by atoms with Gasteiger partial charge in [-0.3, -0.25) is 24.3 Å². The van der Waals surface area contributed by atoms with Crippen LogP contribution in [0.5, 0.6) is 0 Å². The van der Waals surface area contributed by atoms with E-state index in [2.05, 4.69) is 50.7 Å². The standard InChI is InChI=1S/C55H73N17O9/c1-34-35(2)39(15-13-36(34)31-44(75)69(3)4)62-54(76)48-45-50(57)64-51(65-52(45)67-66-48)38-10-8-19-71(32-38)43(74)12-9-18-70(5)21-23-78-25-27-80-29-28-79-26-24-77-22-17-59-42(73)11-6-7-20-72-53-46(49(56)60-33-61-53)47(68-72)37-14-16-41-40(30-37)63-55(58)81-41/h9,12-16,30,33,38H,6-8,10-11,17-29,31-32H2,1-5H3,(H2,58,63)(H,59,73)(H,62,76)(H2,56,60,61)(H3,57,64,65,66,67)/b12-9+/t38-/m1/s1. The predicted molar refractivity (Wildman–Crippen MR) is 305 cm³/mol. The third-order valence-corrected chi connectivity index (χ3v) is 14.0. The average Bonchev–Trinajstić information content (AvgIpc) is 4.35. The number of likely N-dealkylation sites (N-methyl/N-ethyl adjacent to an activating group) is 2. The first-order valence-corrected chi connectivity index (χ1v) is 27.1. The van der Waals surface area contributed by atoms with E-state index in [0.717, 1.165) is 35.1 Å². The van der Waals surface area contributed by atoms with E-state index in [0.29, 0.717) is 162 Å². The summed E-state index contributed by atoms with van der Waals surface area (Å²) in [4.78, 5) is 79.1. The van der Waals surface area contributed by atoms with Gasteiger partial charge in [-0.2, -0.15) is 15.2 Å². The number of aromatic amines is 1. The number of fused-ring (bicyclic) bond motifs is 3. The van der Waals surface area contributed by atoms with Gasteiger partial charge >= 0.3 is 0 Å². The second-order valence-corrected chi connectivity index (χ2v) is 20.0. The summed E-state index contributed by atoms with van der Waals surface area (Å²) in [5, 5.41) is 18.7. The number of nitrogens with two attached hydrogens (primary N) is 3. The Bertz CT molecular complexity index is 3340. The number of aryl methyl sites for hydroxylation is 1. The molecule has 0 unspecified atom stereocenters. The maximum Gasteiger partial charge on any atom is 0.292 e. The number of nitrogen functional groups attached to an aromatic ring is 3. The number of aromatic nitrogens is 9. The van der Waals surface area contributed by atoms with Crippen molar-refractivity contribution in [1.29, 1.82) is 0 Å². The van der Waals surface area contributed by atoms with Crippen molar-refractivity contribution in [3.63, 3.8) is 0 Å². The van der Waals surface area contributed by atoms with E-state index in [4.69, 9.17) is 45.7 Å². The molecular formula is C55H73N17O9. The first-order valence-electron chi connectivity index (χ1n) is 27.1. The van der Waals surface area contributed by atoms with Crippen LogP contribution in [0.25, 0.3) is 44.4 Å². The zero-order valence-electron chi connectivity index (χ0n) is 46.7. The lowest BCUT2D eigenvalue weighted by molar-refractivity contribution is -0.128. The lowest BCUT2D eigenvalue weighted by Gasteiger charge is -2.31. The number of oxazole rings is 1. The smallest absolute Gasteiger partial charge is 0.292 e. The highest BCUT2D eigenvalue weighted by atomic mass is 16.6. The Hall–Kier alpha value is -8.17. The Morgan fingerprint density at radius 1 is 0.864 bits per heavy atom. The summed E-state index contributed by atoms with van der Waals surface area (Å²) in [6, 6.07) is 9.19. The minimum absolute atomic E-state index is 0.00979. The summed E-state index contributed by atoms with van der Waals surface area (Å²) >= 11 is 0. The molecule has 432 valence electrons. The molecule has 26 nitrogen and oxygen atoms in total. The van der Waals surface area contributed by atoms with Gasteiger partial charge in [0.05, 0.1) is 70.0 Å². The van der Waals surface area contributed by atoms with Gasteiger partial charge in [0.25, 0.3) is 11.9 Å². The summed E-state index contributed by atoms with van der Waals surface area (Å²) in [6.45, 7) is 10.4. The Morgan fingerprint density at radius 2 is 1.62 bits per heavy atom. The predicted octanol–water partition coefficient (Wildman–Crippen LogP) is 3.79. The lowest BCUT2D eigenvalue weighted by Crippen LogP contribution is -2.38. The van der Waals surface area contributed by atoms with E-state index in [9.17, 15) is 19.2 Å². The topological polar surface area (TPSA) is 341 Å². The second-order valence-electron chi connectivity index (χ2n) is 20.0. The molecule has 0 aliphatic carbocycles. The molecule has 0 bridgehead atoms. The third kappa shape index (κ3) is 15.6. The van der Waals surface area contributed by atoms with Gasteiger partial charge in [-0.05, 0) is 87.5 Å². The van der Waals surface area contributed by atoms with E-state index in [1.807, 2.05) is 45.2 Å². The van der Waals surface area contributed by atoms with Gasteiger partial charge in [0, 0.05) is 83.0 Å². The van der Waals surface area contributed by atoms with Crippen LogP contribution < -0.4 is 27.8 Å². The normalized spacial score (nSPS) is 13.8. The van der Waals surface area contributed by atoms with Gasteiger partial charge in [-0.25, -0.2) is 24.6 Å². The molecule has 0 saturated carbocycles. The molecule has 5 aromatic heterocycles. The number of hydrogen-bond donors (Lipinski definition) is 6. The molecule has 0 spiro atoms. The van der Waals surface area contributed by atoms with Crippen LogP contribution in [0.15, 0.2) is 53.2 Å². The molecule has 9 N–H and O–H groups in total. The van der Waals surface area contributed by atoms with E-state index in [1.165, 1.54) is 6.33 Å². The van der Waals surface area contributed by atoms with Crippen molar-refractivity contribution >= 4 is 80.1 Å². The summed E-state index contributed by atoms with van der Waals surface area (Å²) in [7, 11) is 5.40. The fourth-order valence-corrected chi connectivity index (χ4v) is 9.30. The minimum atomic E-state index is -0.448. The molecule has 6 heterocycles. The number of likely N-dealkylation sites (tertiary alicyclic amines) is 1. The van der Waals surface area contributed by atoms with Crippen LogP contribution in [0, 0.1) is 13.8 Å². The second kappa shape index (κ2) is 28.3. The monoisotopic (exact) mass is 1120 g/mol. The molecule has 7 aromatic rings. The molecule has 1 saturated heterocycles. The number of hydrogen-bond acceptors (Lipinski definition) is 20. The molecule has 4 amide bonds. The highest BCUT2D eigenvalue weighted by Gasteiger charge is 2.28. The van der Waals surface area contributed by atoms with Gasteiger partial charge in [-0.1, -0.05) is 12.1 Å². The number of H-pyrrole nitrogens is 1. The van der Waals surface area contributed by atoms with E-state index < -0.39 is 5.91 Å². The van der Waals surface area contributed by atoms with Crippen molar-refractivity contribution in [3.05, 3.63) is 77.0 Å². The van der Waals surface area contributed by atoms with Crippen LogP contribution in [-0.2, 0) is 46.3 Å². The molecule has 0 radical (unpaired) electrons. The highest BCUT2D eigenvalue weighted by molar-refractivity contribution is 6.13. The summed E-state index contributed by atoms with van der Waals surface area (Å²) < 4.78 is 29.7. The first kappa shape index (κ1) is 59.0. The molecule has 1 atom stereocenters. The summed E-state index contributed by atoms with van der Waals surface area (Å²) in [5.41, 5.74) is 25.3. The van der Waals surface area contributed by atoms with E-state index >= 15 is 0 Å². The van der Waals surface area contributed by atoms with Crippen molar-refractivity contribution in [2.45, 2.75) is 64.8 Å². The van der Waals surface area contributed by atoms with Gasteiger partial charge in [0.15, 0.2) is 16.9 Å². The number of unbranched alkanes of at least 4 members (excludes halogenated alkanes) is 1. The van der Waals surface area contributed by atoms with Gasteiger partial charge < -0.3 is 65.9 Å². The Morgan fingerprint density at radius 3 is 2.38 bits per heavy atom. The van der Waals surface area contributed by atoms with E-state index in [1.54, 1.807) is 46.8 Å². The number of carbonyl (C=O) groups excluding carboxylic acids is 4. The largest absolute Gasteiger partial charge is 0.424 e. The van der Waals surface area contributed by atoms with Gasteiger partial charge in [0.1, 0.15) is 40.7 Å². The number of amides is 4. The molecule has 8 rings (SSSR count). The zero-order chi connectivity index (χ0) is 57.4. The molecule has 2 aromatic carbocycles. The van der Waals surface area contributed by atoms with Crippen LogP contribution in [0.2, 0.25) is 0 Å². The molecule has 1 aliphatic rings. The van der Waals surface area contributed by atoms with Crippen LogP contribution in [0.4, 0.5) is 23.3 Å². The number of ether oxygens (including phenoxy) is 4. The number of piperidine rings is 1. The summed E-state index contributed by atoms with van der Waals surface area (Å²) in [5.74, 6) is 0.149. The fraction of sp³-hybridized carbons (Fsp3) is 0.473. The van der Waals surface area contributed by atoms with E-state index in [-0.39, 0.29) is 53.2 Å². The third-order valence-electron chi connectivity index (χ3n) is 14.0. The number of benzene rings is 2.